The van der Waals surface area contributed by atoms with E-state index in [1.54, 1.807) is 18.2 Å². The van der Waals surface area contributed by atoms with Crippen LogP contribution < -0.4 is 0 Å². The zero-order chi connectivity index (χ0) is 13.1. The van der Waals surface area contributed by atoms with Gasteiger partial charge in [-0.15, -0.1) is 11.8 Å². The van der Waals surface area contributed by atoms with Crippen molar-refractivity contribution in [3.8, 4) is 0 Å². The molecule has 0 aliphatic rings. The molecule has 0 aliphatic carbocycles. The van der Waals surface area contributed by atoms with E-state index in [9.17, 15) is 14.9 Å². The third-order valence-corrected chi connectivity index (χ3v) is 3.32. The topological polar surface area (TPSA) is 93.3 Å². The summed E-state index contributed by atoms with van der Waals surface area (Å²) in [7, 11) is 0. The molecule has 1 heterocycles. The Morgan fingerprint density at radius 1 is 1.44 bits per heavy atom. The van der Waals surface area contributed by atoms with Crippen molar-refractivity contribution >= 4 is 34.3 Å². The Morgan fingerprint density at radius 2 is 2.22 bits per heavy atom. The molecule has 6 nitrogen and oxygen atoms in total. The van der Waals surface area contributed by atoms with E-state index in [1.807, 2.05) is 0 Å². The maximum Gasteiger partial charge on any atom is 0.313 e. The van der Waals surface area contributed by atoms with Crippen LogP contribution in [0.4, 0.5) is 5.69 Å². The number of aromatic nitrogens is 1. The molecule has 0 saturated heterocycles. The van der Waals surface area contributed by atoms with Crippen LogP contribution >= 0.6 is 11.8 Å². The summed E-state index contributed by atoms with van der Waals surface area (Å²) in [5.41, 5.74) is 0.197. The van der Waals surface area contributed by atoms with Gasteiger partial charge in [-0.2, -0.15) is 0 Å². The highest BCUT2D eigenvalue weighted by atomic mass is 32.2. The molecule has 0 saturated carbocycles. The molecule has 0 amide bonds. The van der Waals surface area contributed by atoms with Crippen molar-refractivity contribution in [1.82, 2.24) is 4.98 Å². The summed E-state index contributed by atoms with van der Waals surface area (Å²) in [6.07, 6.45) is 1.44. The van der Waals surface area contributed by atoms with Gasteiger partial charge in [0.25, 0.3) is 5.69 Å². The molecule has 0 spiro atoms. The Morgan fingerprint density at radius 3 is 2.89 bits per heavy atom. The largest absolute Gasteiger partial charge is 0.481 e. The van der Waals surface area contributed by atoms with Crippen molar-refractivity contribution in [2.24, 2.45) is 0 Å². The molecule has 0 aliphatic heterocycles. The van der Waals surface area contributed by atoms with Gasteiger partial charge in [-0.25, -0.2) is 4.98 Å². The summed E-state index contributed by atoms with van der Waals surface area (Å²) in [5, 5.41) is 20.1. The number of nitro groups is 1. The second-order valence-corrected chi connectivity index (χ2v) is 4.44. The van der Waals surface area contributed by atoms with Crippen molar-refractivity contribution in [1.29, 1.82) is 0 Å². The minimum Gasteiger partial charge on any atom is -0.481 e. The number of non-ortho nitro benzene ring substituents is 1. The number of carboxylic acids is 1. The van der Waals surface area contributed by atoms with Gasteiger partial charge in [0, 0.05) is 22.5 Å². The highest BCUT2D eigenvalue weighted by Gasteiger charge is 2.14. The lowest BCUT2D eigenvalue weighted by Crippen LogP contribution is -1.98. The minimum atomic E-state index is -0.935. The number of hydrogen-bond donors (Lipinski definition) is 1. The van der Waals surface area contributed by atoms with Crippen LogP contribution in [0, 0.1) is 10.1 Å². The van der Waals surface area contributed by atoms with E-state index in [4.69, 9.17) is 5.11 Å². The van der Waals surface area contributed by atoms with Gasteiger partial charge in [-0.1, -0.05) is 12.1 Å². The van der Waals surface area contributed by atoms with Crippen molar-refractivity contribution < 1.29 is 14.8 Å². The van der Waals surface area contributed by atoms with Crippen LogP contribution in [0.5, 0.6) is 0 Å². The number of para-hydroxylation sites is 1. The second kappa shape index (κ2) is 5.01. The molecule has 0 radical (unpaired) electrons. The number of aliphatic carboxylic acids is 1. The van der Waals surface area contributed by atoms with Crippen LogP contribution in [-0.2, 0) is 4.79 Å². The monoisotopic (exact) mass is 264 g/mol. The second-order valence-electron chi connectivity index (χ2n) is 3.42. The Balaban J connectivity index is 2.53. The first-order chi connectivity index (χ1) is 8.59. The fraction of sp³-hybridized carbons (Fsp3) is 0.0909. The van der Waals surface area contributed by atoms with E-state index in [0.717, 1.165) is 11.8 Å². The highest BCUT2D eigenvalue weighted by Crippen LogP contribution is 2.31. The van der Waals surface area contributed by atoms with Crippen molar-refractivity contribution in [2.45, 2.75) is 4.90 Å². The predicted octanol–water partition coefficient (Wildman–Crippen LogP) is 2.32. The Bertz CT molecular complexity index is 629. The fourth-order valence-electron chi connectivity index (χ4n) is 1.55. The molecule has 7 heteroatoms. The summed E-state index contributed by atoms with van der Waals surface area (Å²) in [4.78, 5) is 25.6. The van der Waals surface area contributed by atoms with Crippen LogP contribution in [0.25, 0.3) is 10.9 Å². The van der Waals surface area contributed by atoms with Gasteiger partial charge in [-0.3, -0.25) is 14.9 Å². The maximum atomic E-state index is 10.9. The van der Waals surface area contributed by atoms with Crippen molar-refractivity contribution in [3.05, 3.63) is 40.6 Å². The molecule has 92 valence electrons. The lowest BCUT2D eigenvalue weighted by Gasteiger charge is -2.04. The molecule has 0 unspecified atom stereocenters. The number of hydrogen-bond acceptors (Lipinski definition) is 5. The van der Waals surface area contributed by atoms with Gasteiger partial charge in [0.1, 0.15) is 5.52 Å². The summed E-state index contributed by atoms with van der Waals surface area (Å²) >= 11 is 1.12. The Hall–Kier alpha value is -2.15. The van der Waals surface area contributed by atoms with E-state index < -0.39 is 10.9 Å². The third-order valence-electron chi connectivity index (χ3n) is 2.26. The third kappa shape index (κ3) is 2.40. The average Bonchev–Trinajstić information content (AvgIpc) is 2.35. The van der Waals surface area contributed by atoms with Crippen molar-refractivity contribution in [2.75, 3.05) is 5.75 Å². The first-order valence-corrected chi connectivity index (χ1v) is 5.95. The van der Waals surface area contributed by atoms with Gasteiger partial charge in [0.15, 0.2) is 0 Å². The van der Waals surface area contributed by atoms with E-state index in [2.05, 4.69) is 4.98 Å². The molecule has 18 heavy (non-hydrogen) atoms. The Kier molecular flexibility index (Phi) is 3.42. The van der Waals surface area contributed by atoms with Gasteiger partial charge in [0.05, 0.1) is 10.7 Å². The van der Waals surface area contributed by atoms with E-state index in [0.29, 0.717) is 10.3 Å². The molecule has 2 aromatic rings. The molecule has 1 aromatic carbocycles. The van der Waals surface area contributed by atoms with E-state index >= 15 is 0 Å². The van der Waals surface area contributed by atoms with Crippen LogP contribution in [0.3, 0.4) is 0 Å². The number of carboxylic acid groups (broad SMARTS) is 1. The zero-order valence-electron chi connectivity index (χ0n) is 9.07. The van der Waals surface area contributed by atoms with E-state index in [1.165, 1.54) is 12.3 Å². The molecule has 0 fully saturated rings. The van der Waals surface area contributed by atoms with Crippen LogP contribution in [0.2, 0.25) is 0 Å². The first kappa shape index (κ1) is 12.3. The summed E-state index contributed by atoms with van der Waals surface area (Å²) in [5.74, 6) is -1.03. The van der Waals surface area contributed by atoms with Crippen LogP contribution in [0.1, 0.15) is 0 Å². The van der Waals surface area contributed by atoms with Gasteiger partial charge >= 0.3 is 5.97 Å². The predicted molar refractivity (Wildman–Crippen MR) is 66.8 cm³/mol. The van der Waals surface area contributed by atoms with Crippen LogP contribution in [-0.4, -0.2) is 26.7 Å². The number of pyridine rings is 1. The normalized spacial score (nSPS) is 10.4. The van der Waals surface area contributed by atoms with Crippen LogP contribution in [0.15, 0.2) is 35.4 Å². The highest BCUT2D eigenvalue weighted by molar-refractivity contribution is 8.00. The first-order valence-electron chi connectivity index (χ1n) is 4.96. The number of rotatable bonds is 4. The van der Waals surface area contributed by atoms with Crippen molar-refractivity contribution in [3.63, 3.8) is 0 Å². The molecule has 0 atom stereocenters. The quantitative estimate of drug-likeness (QED) is 0.517. The SMILES string of the molecule is O=C(O)CSc1ccnc2c([N+](=O)[O-])cccc12. The molecule has 1 N–H and O–H groups in total. The molecule has 0 bridgehead atoms. The molecule has 2 rings (SSSR count). The zero-order valence-corrected chi connectivity index (χ0v) is 9.88. The average molecular weight is 264 g/mol. The van der Waals surface area contributed by atoms with E-state index in [-0.39, 0.29) is 17.0 Å². The lowest BCUT2D eigenvalue weighted by atomic mass is 10.2. The smallest absolute Gasteiger partial charge is 0.313 e. The number of thioether (sulfide) groups is 1. The minimum absolute atomic E-state index is 0.0784. The number of nitrogens with zero attached hydrogens (tertiary/aromatic N) is 2. The maximum absolute atomic E-state index is 10.9. The van der Waals surface area contributed by atoms with Gasteiger partial charge < -0.3 is 5.11 Å². The standard InChI is InChI=1S/C11H8N2O4S/c14-10(15)6-18-9-4-5-12-11-7(9)2-1-3-8(11)13(16)17/h1-5H,6H2,(H,14,15). The van der Waals surface area contributed by atoms with Gasteiger partial charge in [0.2, 0.25) is 0 Å². The fourth-order valence-corrected chi connectivity index (χ4v) is 2.30. The summed E-state index contributed by atoms with van der Waals surface area (Å²) in [6, 6.07) is 6.28. The lowest BCUT2D eigenvalue weighted by molar-refractivity contribution is -0.383. The number of benzene rings is 1. The molecular formula is C11H8N2O4S. The Labute approximate surface area is 106 Å². The summed E-state index contributed by atoms with van der Waals surface area (Å²) < 4.78 is 0. The molecule has 1 aromatic heterocycles. The summed E-state index contributed by atoms with van der Waals surface area (Å²) in [6.45, 7) is 0. The number of carbonyl (C=O) groups is 1. The number of fused-ring (bicyclic) bond motifs is 1. The number of nitro benzene ring substituents is 1. The molecular weight excluding hydrogens is 256 g/mol. The van der Waals surface area contributed by atoms with Gasteiger partial charge in [-0.05, 0) is 6.07 Å².